The first-order valence-corrected chi connectivity index (χ1v) is 8.27. The predicted molar refractivity (Wildman–Crippen MR) is 80.9 cm³/mol. The van der Waals surface area contributed by atoms with Crippen LogP contribution in [-0.4, -0.2) is 40.4 Å². The maximum absolute atomic E-state index is 12.5. The molecule has 0 spiro atoms. The van der Waals surface area contributed by atoms with Crippen LogP contribution in [0.2, 0.25) is 0 Å². The van der Waals surface area contributed by atoms with E-state index >= 15 is 0 Å². The summed E-state index contributed by atoms with van der Waals surface area (Å²) in [6.45, 7) is 1.40. The van der Waals surface area contributed by atoms with Crippen LogP contribution >= 0.6 is 0 Å². The van der Waals surface area contributed by atoms with E-state index in [2.05, 4.69) is 16.7 Å². The fourth-order valence-electron chi connectivity index (χ4n) is 3.67. The van der Waals surface area contributed by atoms with Crippen molar-refractivity contribution in [1.29, 1.82) is 5.26 Å². The highest BCUT2D eigenvalue weighted by molar-refractivity contribution is 6.09. The van der Waals surface area contributed by atoms with E-state index in [1.54, 1.807) is 6.92 Å². The summed E-state index contributed by atoms with van der Waals surface area (Å²) in [6.07, 6.45) is 5.93. The van der Waals surface area contributed by atoms with Crippen molar-refractivity contribution in [2.24, 2.45) is 5.92 Å². The van der Waals surface area contributed by atoms with Gasteiger partial charge < -0.3 is 10.6 Å². The Morgan fingerprint density at radius 1 is 1.35 bits per heavy atom. The van der Waals surface area contributed by atoms with Gasteiger partial charge in [-0.1, -0.05) is 19.3 Å². The Labute approximate surface area is 135 Å². The van der Waals surface area contributed by atoms with Crippen molar-refractivity contribution < 1.29 is 14.4 Å². The number of carbonyl (C=O) groups is 3. The van der Waals surface area contributed by atoms with Gasteiger partial charge >= 0.3 is 6.03 Å². The van der Waals surface area contributed by atoms with Gasteiger partial charge in [-0.25, -0.2) is 4.79 Å². The number of nitrogens with zero attached hydrogens (tertiary/aromatic N) is 2. The summed E-state index contributed by atoms with van der Waals surface area (Å²) in [4.78, 5) is 37.8. The van der Waals surface area contributed by atoms with Gasteiger partial charge in [-0.3, -0.25) is 14.5 Å². The molecule has 0 unspecified atom stereocenters. The standard InChI is InChI=1S/C16H22N4O3/c1-15(11-5-6-11)13(22)20(14(23)19-15)9-12(21)18-16(10-17)7-3-2-4-8-16/h11H,2-9H2,1H3,(H,18,21)(H,19,23)/t15-/m0/s1. The average Bonchev–Trinajstić information content (AvgIpc) is 3.35. The van der Waals surface area contributed by atoms with Gasteiger partial charge in [-0.2, -0.15) is 5.26 Å². The molecule has 23 heavy (non-hydrogen) atoms. The summed E-state index contributed by atoms with van der Waals surface area (Å²) in [5, 5.41) is 14.9. The van der Waals surface area contributed by atoms with Crippen LogP contribution in [0.4, 0.5) is 4.79 Å². The molecule has 3 rings (SSSR count). The first-order valence-electron chi connectivity index (χ1n) is 8.27. The third kappa shape index (κ3) is 2.78. The molecule has 0 bridgehead atoms. The van der Waals surface area contributed by atoms with E-state index in [1.807, 2.05) is 0 Å². The van der Waals surface area contributed by atoms with E-state index in [0.717, 1.165) is 37.0 Å². The molecule has 7 nitrogen and oxygen atoms in total. The van der Waals surface area contributed by atoms with Crippen LogP contribution < -0.4 is 10.6 Å². The fraction of sp³-hybridized carbons (Fsp3) is 0.750. The van der Waals surface area contributed by atoms with Crippen LogP contribution in [0.1, 0.15) is 51.9 Å². The number of hydrogen-bond acceptors (Lipinski definition) is 4. The summed E-state index contributed by atoms with van der Waals surface area (Å²) in [7, 11) is 0. The van der Waals surface area contributed by atoms with Gasteiger partial charge in [0.05, 0.1) is 6.07 Å². The van der Waals surface area contributed by atoms with E-state index in [1.165, 1.54) is 0 Å². The van der Waals surface area contributed by atoms with Crippen molar-refractivity contribution in [3.63, 3.8) is 0 Å². The molecule has 1 saturated heterocycles. The van der Waals surface area contributed by atoms with Crippen molar-refractivity contribution in [2.45, 2.75) is 62.9 Å². The van der Waals surface area contributed by atoms with Crippen LogP contribution in [0.15, 0.2) is 0 Å². The fourth-order valence-corrected chi connectivity index (χ4v) is 3.67. The lowest BCUT2D eigenvalue weighted by molar-refractivity contribution is -0.135. The molecule has 0 aromatic heterocycles. The second-order valence-corrected chi connectivity index (χ2v) is 7.10. The molecule has 0 aromatic rings. The summed E-state index contributed by atoms with van der Waals surface area (Å²) in [5.74, 6) is -0.623. The Hall–Kier alpha value is -2.10. The van der Waals surface area contributed by atoms with E-state index in [-0.39, 0.29) is 18.4 Å². The minimum absolute atomic E-state index is 0.163. The minimum atomic E-state index is -0.880. The number of nitriles is 1. The molecule has 124 valence electrons. The average molecular weight is 318 g/mol. The van der Waals surface area contributed by atoms with Crippen LogP contribution in [0, 0.1) is 17.2 Å². The minimum Gasteiger partial charge on any atom is -0.336 e. The molecule has 4 amide bonds. The Morgan fingerprint density at radius 3 is 2.57 bits per heavy atom. The Bertz CT molecular complexity index is 587. The lowest BCUT2D eigenvalue weighted by Crippen LogP contribution is -2.52. The van der Waals surface area contributed by atoms with Crippen LogP contribution in [0.25, 0.3) is 0 Å². The van der Waals surface area contributed by atoms with Crippen molar-refractivity contribution in [3.8, 4) is 6.07 Å². The van der Waals surface area contributed by atoms with Crippen LogP contribution in [-0.2, 0) is 9.59 Å². The molecule has 2 aliphatic carbocycles. The molecule has 1 heterocycles. The van der Waals surface area contributed by atoms with E-state index < -0.39 is 23.0 Å². The lowest BCUT2D eigenvalue weighted by atomic mass is 9.83. The van der Waals surface area contributed by atoms with Gasteiger partial charge in [0.2, 0.25) is 5.91 Å². The number of urea groups is 1. The van der Waals surface area contributed by atoms with Crippen molar-refractivity contribution >= 4 is 17.8 Å². The molecular weight excluding hydrogens is 296 g/mol. The largest absolute Gasteiger partial charge is 0.336 e. The Morgan fingerprint density at radius 2 is 2.00 bits per heavy atom. The number of nitrogens with one attached hydrogen (secondary N) is 2. The summed E-state index contributed by atoms with van der Waals surface area (Å²) in [5.41, 5.74) is -1.73. The third-order valence-electron chi connectivity index (χ3n) is 5.30. The predicted octanol–water partition coefficient (Wildman–Crippen LogP) is 1.05. The number of rotatable bonds is 4. The van der Waals surface area contributed by atoms with Crippen molar-refractivity contribution in [3.05, 3.63) is 0 Å². The molecule has 7 heteroatoms. The maximum Gasteiger partial charge on any atom is 0.325 e. The van der Waals surface area contributed by atoms with E-state index in [9.17, 15) is 19.6 Å². The summed E-state index contributed by atoms with van der Waals surface area (Å²) < 4.78 is 0. The second-order valence-electron chi connectivity index (χ2n) is 7.10. The summed E-state index contributed by atoms with van der Waals surface area (Å²) in [6, 6.07) is 1.68. The first kappa shape index (κ1) is 15.8. The smallest absolute Gasteiger partial charge is 0.325 e. The zero-order valence-electron chi connectivity index (χ0n) is 13.4. The monoisotopic (exact) mass is 318 g/mol. The SMILES string of the molecule is C[C@@]1(C2CC2)NC(=O)N(CC(=O)NC2(C#N)CCCCC2)C1=O. The molecule has 3 fully saturated rings. The van der Waals surface area contributed by atoms with Crippen molar-refractivity contribution in [2.75, 3.05) is 6.54 Å². The van der Waals surface area contributed by atoms with Crippen molar-refractivity contribution in [1.82, 2.24) is 15.5 Å². The quantitative estimate of drug-likeness (QED) is 0.756. The van der Waals surface area contributed by atoms with E-state index in [0.29, 0.717) is 12.8 Å². The highest BCUT2D eigenvalue weighted by atomic mass is 16.2. The summed E-state index contributed by atoms with van der Waals surface area (Å²) >= 11 is 0. The normalized spacial score (nSPS) is 29.8. The maximum atomic E-state index is 12.5. The Kier molecular flexibility index (Phi) is 3.78. The highest BCUT2D eigenvalue weighted by Gasteiger charge is 2.56. The number of hydrogen-bond donors (Lipinski definition) is 2. The molecule has 0 radical (unpaired) electrons. The number of amides is 4. The van der Waals surface area contributed by atoms with Gasteiger partial charge in [-0.05, 0) is 38.5 Å². The first-order chi connectivity index (χ1) is 10.9. The third-order valence-corrected chi connectivity index (χ3v) is 5.30. The number of imide groups is 1. The molecule has 0 aromatic carbocycles. The van der Waals surface area contributed by atoms with Crippen LogP contribution in [0.5, 0.6) is 0 Å². The molecule has 3 aliphatic rings. The number of carbonyl (C=O) groups excluding carboxylic acids is 3. The van der Waals surface area contributed by atoms with Gasteiger partial charge in [0, 0.05) is 0 Å². The second kappa shape index (κ2) is 5.52. The molecular formula is C16H22N4O3. The highest BCUT2D eigenvalue weighted by Crippen LogP contribution is 2.42. The van der Waals surface area contributed by atoms with E-state index in [4.69, 9.17) is 0 Å². The van der Waals surface area contributed by atoms with Gasteiger partial charge in [0.1, 0.15) is 17.6 Å². The molecule has 1 aliphatic heterocycles. The molecule has 2 saturated carbocycles. The van der Waals surface area contributed by atoms with Gasteiger partial charge in [-0.15, -0.1) is 0 Å². The Balaban J connectivity index is 1.65. The molecule has 2 N–H and O–H groups in total. The zero-order chi connectivity index (χ0) is 16.7. The van der Waals surface area contributed by atoms with Gasteiger partial charge in [0.25, 0.3) is 5.91 Å². The lowest BCUT2D eigenvalue weighted by Gasteiger charge is -2.32. The van der Waals surface area contributed by atoms with Gasteiger partial charge in [0.15, 0.2) is 0 Å². The zero-order valence-corrected chi connectivity index (χ0v) is 13.4. The topological polar surface area (TPSA) is 102 Å². The van der Waals surface area contributed by atoms with Crippen LogP contribution in [0.3, 0.4) is 0 Å². The molecule has 1 atom stereocenters.